The Labute approximate surface area is 358 Å². The SMILES string of the molecule is O=C([O-])c1ccc(C2c3ccc([nH]3)C(c3ccc(C(=O)[O-])cc3)c3ccc([nH]3)C(c3ccc(C(=O)O)cc3)c3ccc([nH]3)C(c3ccc(C(=O)[O-])cc3)c3ccc2[nH]3)cc1.[Mn+3]. The first-order chi connectivity index (χ1) is 29.0. The van der Waals surface area contributed by atoms with E-state index in [4.69, 9.17) is 0 Å². The van der Waals surface area contributed by atoms with Crippen molar-refractivity contribution in [3.63, 3.8) is 0 Å². The van der Waals surface area contributed by atoms with Gasteiger partial charge < -0.3 is 54.7 Å². The number of hydrogen-bond acceptors (Lipinski definition) is 7. The molecule has 300 valence electrons. The molecule has 8 aromatic rings. The summed E-state index contributed by atoms with van der Waals surface area (Å²) in [5.74, 6) is -6.69. The van der Waals surface area contributed by atoms with Gasteiger partial charge >= 0.3 is 23.0 Å². The van der Waals surface area contributed by atoms with Crippen LogP contribution in [-0.2, 0) is 17.1 Å². The van der Waals surface area contributed by atoms with Gasteiger partial charge in [0.2, 0.25) is 0 Å². The molecule has 8 bridgehead atoms. The summed E-state index contributed by atoms with van der Waals surface area (Å²) in [5, 5.41) is 44.9. The fourth-order valence-electron chi connectivity index (χ4n) is 8.43. The Kier molecular flexibility index (Phi) is 10.7. The first-order valence-electron chi connectivity index (χ1n) is 19.0. The molecule has 2 unspecified atom stereocenters. The van der Waals surface area contributed by atoms with E-state index in [1.807, 2.05) is 48.5 Å². The molecule has 1 aliphatic rings. The fourth-order valence-corrected chi connectivity index (χ4v) is 8.43. The maximum Gasteiger partial charge on any atom is 3.00 e. The van der Waals surface area contributed by atoms with Gasteiger partial charge in [0, 0.05) is 45.6 Å². The number of nitrogens with one attached hydrogen (secondary N) is 4. The largest absolute Gasteiger partial charge is 3.00 e. The molecule has 2 atom stereocenters. The van der Waals surface area contributed by atoms with E-state index in [9.17, 15) is 39.6 Å². The number of H-pyrrole nitrogens is 4. The van der Waals surface area contributed by atoms with Gasteiger partial charge in [-0.05, 0) is 99.6 Å². The van der Waals surface area contributed by atoms with Gasteiger partial charge in [-0.25, -0.2) is 4.79 Å². The van der Waals surface area contributed by atoms with Crippen LogP contribution >= 0.6 is 0 Å². The van der Waals surface area contributed by atoms with Gasteiger partial charge in [0.1, 0.15) is 0 Å². The zero-order valence-corrected chi connectivity index (χ0v) is 33.0. The minimum Gasteiger partial charge on any atom is -0.545 e. The number of carbonyl (C=O) groups excluding carboxylic acids is 3. The summed E-state index contributed by atoms with van der Waals surface area (Å²) >= 11 is 0. The summed E-state index contributed by atoms with van der Waals surface area (Å²) in [7, 11) is 0. The number of hydrogen-bond donors (Lipinski definition) is 5. The van der Waals surface area contributed by atoms with Crippen molar-refractivity contribution in [2.75, 3.05) is 0 Å². The molecule has 4 aromatic carbocycles. The predicted octanol–water partition coefficient (Wildman–Crippen LogP) is 4.82. The number of rotatable bonds is 8. The predicted molar refractivity (Wildman–Crippen MR) is 213 cm³/mol. The number of carboxylic acid groups (broad SMARTS) is 4. The summed E-state index contributed by atoms with van der Waals surface area (Å²) in [4.78, 5) is 61.7. The van der Waals surface area contributed by atoms with Crippen LogP contribution in [0.2, 0.25) is 0 Å². The normalized spacial score (nSPS) is 16.9. The number of benzene rings is 4. The molecule has 9 rings (SSSR count). The van der Waals surface area contributed by atoms with Gasteiger partial charge in [-0.3, -0.25) is 0 Å². The molecule has 4 aromatic heterocycles. The zero-order chi connectivity index (χ0) is 41.7. The summed E-state index contributed by atoms with van der Waals surface area (Å²) in [6, 6.07) is 42.0. The molecular formula is C48H33MnN4O8. The van der Waals surface area contributed by atoms with E-state index < -0.39 is 47.5 Å². The topological polar surface area (TPSA) is 221 Å². The maximum atomic E-state index is 11.8. The van der Waals surface area contributed by atoms with E-state index in [0.29, 0.717) is 0 Å². The number of fused-ring (bicyclic) bond motifs is 8. The average Bonchev–Trinajstić information content (AvgIpc) is 4.10. The standard InChI is InChI=1S/C48H36N4O8.Mn/c53-45(54)29-9-1-25(2-10-29)41-33-17-19-35(49-33)42(26-3-11-30(12-4-26)46(55)56)37-21-23-39(51-37)44(28-7-15-32(16-8-28)48(59)60)40-24-22-38(52-40)43(36-20-18-34(41)50-36)27-5-13-31(14-6-27)47(57)58;/h1-24,41-44,49-52H,(H,53,54)(H,55,56)(H,57,58)(H,59,60);/q;+3/p-3. The third kappa shape index (κ3) is 7.59. The third-order valence-electron chi connectivity index (χ3n) is 11.3. The van der Waals surface area contributed by atoms with Crippen molar-refractivity contribution < 1.29 is 56.7 Å². The maximum absolute atomic E-state index is 11.8. The van der Waals surface area contributed by atoms with Crippen molar-refractivity contribution in [2.45, 2.75) is 23.7 Å². The second kappa shape index (κ2) is 16.2. The van der Waals surface area contributed by atoms with Gasteiger partial charge in [0.25, 0.3) is 0 Å². The molecule has 0 radical (unpaired) electrons. The van der Waals surface area contributed by atoms with Crippen LogP contribution in [0, 0.1) is 0 Å². The minimum absolute atomic E-state index is 0. The second-order valence-electron chi connectivity index (χ2n) is 14.9. The van der Waals surface area contributed by atoms with Crippen LogP contribution in [0.1, 0.15) is 133 Å². The van der Waals surface area contributed by atoms with Crippen molar-refractivity contribution in [1.82, 2.24) is 19.9 Å². The molecule has 1 aliphatic heterocycles. The number of carboxylic acids is 4. The van der Waals surface area contributed by atoms with E-state index in [1.54, 1.807) is 60.7 Å². The number of aromatic nitrogens is 4. The van der Waals surface area contributed by atoms with E-state index in [0.717, 1.165) is 67.8 Å². The Morgan fingerprint density at radius 3 is 0.672 bits per heavy atom. The fraction of sp³-hybridized carbons (Fsp3) is 0.0833. The van der Waals surface area contributed by atoms with Crippen molar-refractivity contribution in [1.29, 1.82) is 0 Å². The zero-order valence-electron chi connectivity index (χ0n) is 31.8. The van der Waals surface area contributed by atoms with E-state index in [-0.39, 0.29) is 39.3 Å². The Morgan fingerprint density at radius 1 is 0.328 bits per heavy atom. The summed E-state index contributed by atoms with van der Waals surface area (Å²) in [6.07, 6.45) is 0. The van der Waals surface area contributed by atoms with Crippen LogP contribution < -0.4 is 15.3 Å². The molecule has 0 saturated carbocycles. The van der Waals surface area contributed by atoms with Crippen LogP contribution in [0.15, 0.2) is 146 Å². The minimum atomic E-state index is -1.29. The molecule has 5 N–H and O–H groups in total. The third-order valence-corrected chi connectivity index (χ3v) is 11.3. The molecule has 61 heavy (non-hydrogen) atoms. The van der Waals surface area contributed by atoms with Gasteiger partial charge in [-0.15, -0.1) is 0 Å². The number of aromatic amines is 4. The first-order valence-corrected chi connectivity index (χ1v) is 19.0. The van der Waals surface area contributed by atoms with Crippen molar-refractivity contribution in [3.05, 3.63) is 236 Å². The number of aromatic carboxylic acids is 4. The van der Waals surface area contributed by atoms with Gasteiger partial charge in [-0.2, -0.15) is 0 Å². The van der Waals surface area contributed by atoms with Crippen LogP contribution in [0.25, 0.3) is 0 Å². The molecule has 0 fully saturated rings. The van der Waals surface area contributed by atoms with E-state index in [2.05, 4.69) is 19.9 Å². The first kappa shape index (κ1) is 40.2. The summed E-state index contributed by atoms with van der Waals surface area (Å²) in [5.41, 5.74) is 9.71. The van der Waals surface area contributed by atoms with Gasteiger partial charge in [0.05, 0.1) is 47.1 Å². The van der Waals surface area contributed by atoms with Crippen LogP contribution in [-0.4, -0.2) is 48.9 Å². The van der Waals surface area contributed by atoms with Crippen LogP contribution in [0.4, 0.5) is 0 Å². The smallest absolute Gasteiger partial charge is 0.545 e. The average molecular weight is 849 g/mol. The van der Waals surface area contributed by atoms with Gasteiger partial charge in [0.15, 0.2) is 0 Å². The Balaban J connectivity index is 0.00000514. The summed E-state index contributed by atoms with van der Waals surface area (Å²) < 4.78 is 0. The molecule has 12 nitrogen and oxygen atoms in total. The van der Waals surface area contributed by atoms with Crippen molar-refractivity contribution >= 4 is 23.9 Å². The molecule has 0 amide bonds. The number of carbonyl (C=O) groups is 4. The molecule has 0 spiro atoms. The van der Waals surface area contributed by atoms with E-state index in [1.165, 1.54) is 36.4 Å². The van der Waals surface area contributed by atoms with Crippen LogP contribution in [0.3, 0.4) is 0 Å². The molecule has 5 heterocycles. The van der Waals surface area contributed by atoms with Crippen molar-refractivity contribution in [2.24, 2.45) is 0 Å². The molecule has 0 saturated heterocycles. The summed E-state index contributed by atoms with van der Waals surface area (Å²) in [6.45, 7) is 0. The Morgan fingerprint density at radius 2 is 0.508 bits per heavy atom. The monoisotopic (exact) mass is 848 g/mol. The van der Waals surface area contributed by atoms with Crippen LogP contribution in [0.5, 0.6) is 0 Å². The molecular weight excluding hydrogens is 815 g/mol. The second-order valence-corrected chi connectivity index (χ2v) is 14.9. The van der Waals surface area contributed by atoms with Crippen molar-refractivity contribution in [3.8, 4) is 0 Å². The van der Waals surface area contributed by atoms with E-state index >= 15 is 0 Å². The Bertz CT molecular complexity index is 2430. The van der Waals surface area contributed by atoms with Gasteiger partial charge in [-0.1, -0.05) is 84.9 Å². The quantitative estimate of drug-likeness (QED) is 0.133. The molecule has 0 aliphatic carbocycles. The Hall–Kier alpha value is -7.60. The molecule has 13 heteroatoms.